The lowest BCUT2D eigenvalue weighted by atomic mass is 10.2. The van der Waals surface area contributed by atoms with Crippen LogP contribution in [0.4, 0.5) is 10.1 Å². The van der Waals surface area contributed by atoms with Crippen molar-refractivity contribution in [1.82, 2.24) is 0 Å². The molecule has 0 saturated heterocycles. The van der Waals surface area contributed by atoms with E-state index in [9.17, 15) is 19.3 Å². The van der Waals surface area contributed by atoms with Crippen molar-refractivity contribution in [3.8, 4) is 0 Å². The van der Waals surface area contributed by atoms with E-state index in [4.69, 9.17) is 5.73 Å². The zero-order valence-corrected chi connectivity index (χ0v) is 11.7. The lowest BCUT2D eigenvalue weighted by Crippen LogP contribution is -2.31. The van der Waals surface area contributed by atoms with Gasteiger partial charge in [-0.2, -0.15) is 11.8 Å². The van der Waals surface area contributed by atoms with Gasteiger partial charge in [0, 0.05) is 17.4 Å². The number of methoxy groups -OCH3 is 1. The van der Waals surface area contributed by atoms with Gasteiger partial charge in [0.1, 0.15) is 11.9 Å². The quantitative estimate of drug-likeness (QED) is 0.357. The molecule has 1 rings (SSSR count). The average molecular weight is 302 g/mol. The number of nitrogens with zero attached hydrogens (tertiary/aromatic N) is 1. The number of halogens is 1. The largest absolute Gasteiger partial charge is 0.468 e. The number of carbonyl (C=O) groups is 1. The van der Waals surface area contributed by atoms with Crippen molar-refractivity contribution in [3.63, 3.8) is 0 Å². The van der Waals surface area contributed by atoms with Crippen LogP contribution in [-0.2, 0) is 15.3 Å². The zero-order valence-electron chi connectivity index (χ0n) is 10.9. The Kier molecular flexibility index (Phi) is 6.40. The molecule has 0 aliphatic carbocycles. The average Bonchev–Trinajstić information content (AvgIpc) is 2.42. The van der Waals surface area contributed by atoms with Crippen LogP contribution in [-0.4, -0.2) is 29.8 Å². The number of benzene rings is 1. The molecule has 0 aromatic heterocycles. The number of hydrogen-bond acceptors (Lipinski definition) is 6. The first kappa shape index (κ1) is 16.4. The Morgan fingerprint density at radius 2 is 2.30 bits per heavy atom. The minimum absolute atomic E-state index is 0.115. The third-order valence-corrected chi connectivity index (χ3v) is 3.61. The Hall–Kier alpha value is -1.67. The van der Waals surface area contributed by atoms with Gasteiger partial charge in [0.05, 0.1) is 12.0 Å². The second-order valence-corrected chi connectivity index (χ2v) is 5.11. The van der Waals surface area contributed by atoms with Gasteiger partial charge in [-0.1, -0.05) is 0 Å². The third kappa shape index (κ3) is 4.78. The molecule has 1 aromatic rings. The highest BCUT2D eigenvalue weighted by atomic mass is 32.2. The molecule has 110 valence electrons. The van der Waals surface area contributed by atoms with Gasteiger partial charge in [-0.25, -0.2) is 4.39 Å². The summed E-state index contributed by atoms with van der Waals surface area (Å²) in [6, 6.07) is 2.63. The van der Waals surface area contributed by atoms with Gasteiger partial charge in [-0.15, -0.1) is 0 Å². The van der Waals surface area contributed by atoms with E-state index in [2.05, 4.69) is 4.74 Å². The summed E-state index contributed by atoms with van der Waals surface area (Å²) in [7, 11) is 1.26. The van der Waals surface area contributed by atoms with Crippen LogP contribution in [0, 0.1) is 15.9 Å². The molecule has 0 aliphatic rings. The van der Waals surface area contributed by atoms with E-state index in [1.54, 1.807) is 0 Å². The van der Waals surface area contributed by atoms with Crippen molar-refractivity contribution < 1.29 is 18.8 Å². The summed E-state index contributed by atoms with van der Waals surface area (Å²) in [4.78, 5) is 21.3. The molecule has 6 nitrogen and oxygen atoms in total. The monoisotopic (exact) mass is 302 g/mol. The zero-order chi connectivity index (χ0) is 15.1. The fourth-order valence-corrected chi connectivity index (χ4v) is 2.53. The van der Waals surface area contributed by atoms with Crippen molar-refractivity contribution in [3.05, 3.63) is 39.7 Å². The molecule has 1 aromatic carbocycles. The Balaban J connectivity index is 2.52. The van der Waals surface area contributed by atoms with Crippen LogP contribution in [0.3, 0.4) is 0 Å². The highest BCUT2D eigenvalue weighted by Crippen LogP contribution is 2.24. The summed E-state index contributed by atoms with van der Waals surface area (Å²) >= 11 is 1.34. The summed E-state index contributed by atoms with van der Waals surface area (Å²) in [5, 5.41) is 10.8. The van der Waals surface area contributed by atoms with Gasteiger partial charge in [-0.05, 0) is 24.3 Å². The molecule has 0 amide bonds. The van der Waals surface area contributed by atoms with E-state index in [1.165, 1.54) is 18.9 Å². The minimum atomic E-state index is -0.713. The molecule has 1 unspecified atom stereocenters. The van der Waals surface area contributed by atoms with E-state index in [0.717, 1.165) is 18.2 Å². The van der Waals surface area contributed by atoms with E-state index >= 15 is 0 Å². The number of hydrogen-bond donors (Lipinski definition) is 1. The maximum absolute atomic E-state index is 13.1. The van der Waals surface area contributed by atoms with Crippen LogP contribution in [0.2, 0.25) is 0 Å². The predicted molar refractivity (Wildman–Crippen MR) is 73.8 cm³/mol. The number of carbonyl (C=O) groups excluding carboxylic acids is 1. The fraction of sp³-hybridized carbons (Fsp3) is 0.417. The smallest absolute Gasteiger partial charge is 0.322 e. The van der Waals surface area contributed by atoms with Crippen LogP contribution >= 0.6 is 11.8 Å². The van der Waals surface area contributed by atoms with Crippen molar-refractivity contribution in [2.45, 2.75) is 18.2 Å². The first-order valence-corrected chi connectivity index (χ1v) is 6.95. The van der Waals surface area contributed by atoms with Gasteiger partial charge < -0.3 is 10.5 Å². The van der Waals surface area contributed by atoms with E-state index in [1.807, 2.05) is 0 Å². The molecule has 0 bridgehead atoms. The van der Waals surface area contributed by atoms with Crippen molar-refractivity contribution >= 4 is 23.4 Å². The number of nitro groups is 1. The fourth-order valence-electron chi connectivity index (χ4n) is 1.51. The van der Waals surface area contributed by atoms with Crippen molar-refractivity contribution in [1.29, 1.82) is 0 Å². The Morgan fingerprint density at radius 1 is 1.60 bits per heavy atom. The lowest BCUT2D eigenvalue weighted by Gasteiger charge is -2.08. The van der Waals surface area contributed by atoms with Gasteiger partial charge in [0.15, 0.2) is 0 Å². The van der Waals surface area contributed by atoms with Gasteiger partial charge in [0.2, 0.25) is 0 Å². The predicted octanol–water partition coefficient (Wildman–Crippen LogP) is 1.86. The number of nitro benzene ring substituents is 1. The molecule has 0 saturated carbocycles. The summed E-state index contributed by atoms with van der Waals surface area (Å²) in [6.07, 6.45) is 0.389. The van der Waals surface area contributed by atoms with Gasteiger partial charge in [-0.3, -0.25) is 14.9 Å². The van der Waals surface area contributed by atoms with Crippen LogP contribution in [0.25, 0.3) is 0 Å². The number of thioether (sulfide) groups is 1. The molecule has 0 fully saturated rings. The lowest BCUT2D eigenvalue weighted by molar-refractivity contribution is -0.385. The maximum Gasteiger partial charge on any atom is 0.322 e. The summed E-state index contributed by atoms with van der Waals surface area (Å²) in [6.45, 7) is 0. The Bertz CT molecular complexity index is 498. The molecular weight excluding hydrogens is 287 g/mol. The number of rotatable bonds is 7. The minimum Gasteiger partial charge on any atom is -0.468 e. The molecule has 8 heteroatoms. The molecule has 0 heterocycles. The summed E-state index contributed by atoms with van der Waals surface area (Å²) in [5.41, 5.74) is 5.75. The second-order valence-electron chi connectivity index (χ2n) is 4.00. The number of ether oxygens (including phenoxy) is 1. The summed E-state index contributed by atoms with van der Waals surface area (Å²) < 4.78 is 17.6. The third-order valence-electron chi connectivity index (χ3n) is 2.57. The molecule has 0 spiro atoms. The highest BCUT2D eigenvalue weighted by molar-refractivity contribution is 7.98. The molecule has 0 aliphatic heterocycles. The Morgan fingerprint density at radius 3 is 2.90 bits per heavy atom. The highest BCUT2D eigenvalue weighted by Gasteiger charge is 2.16. The normalized spacial score (nSPS) is 11.9. The van der Waals surface area contributed by atoms with Crippen LogP contribution in [0.1, 0.15) is 12.0 Å². The van der Waals surface area contributed by atoms with Crippen molar-refractivity contribution in [2.75, 3.05) is 12.9 Å². The van der Waals surface area contributed by atoms with Crippen LogP contribution in [0.5, 0.6) is 0 Å². The van der Waals surface area contributed by atoms with E-state index in [-0.39, 0.29) is 11.4 Å². The first-order valence-electron chi connectivity index (χ1n) is 5.79. The van der Waals surface area contributed by atoms with E-state index < -0.39 is 22.8 Å². The van der Waals surface area contributed by atoms with Gasteiger partial charge >= 0.3 is 5.97 Å². The standard InChI is InChI=1S/C12H15FN2O4S/c1-19-12(16)10(14)4-5-20-7-8-6-9(13)2-3-11(8)15(17)18/h2-3,6,10H,4-5,7,14H2,1H3. The van der Waals surface area contributed by atoms with E-state index in [0.29, 0.717) is 17.7 Å². The second kappa shape index (κ2) is 7.81. The molecule has 20 heavy (non-hydrogen) atoms. The first-order chi connectivity index (χ1) is 9.45. The number of esters is 1. The van der Waals surface area contributed by atoms with Crippen molar-refractivity contribution in [2.24, 2.45) is 5.73 Å². The van der Waals surface area contributed by atoms with Crippen LogP contribution in [0.15, 0.2) is 18.2 Å². The molecule has 0 radical (unpaired) electrons. The molecular formula is C12H15FN2O4S. The topological polar surface area (TPSA) is 95.5 Å². The van der Waals surface area contributed by atoms with Gasteiger partial charge in [0.25, 0.3) is 5.69 Å². The van der Waals surface area contributed by atoms with Crippen LogP contribution < -0.4 is 5.73 Å². The Labute approximate surface area is 119 Å². The molecule has 2 N–H and O–H groups in total. The molecule has 1 atom stereocenters. The maximum atomic E-state index is 13.1. The number of nitrogens with two attached hydrogens (primary N) is 1. The SMILES string of the molecule is COC(=O)C(N)CCSCc1cc(F)ccc1[N+](=O)[O-]. The summed E-state index contributed by atoms with van der Waals surface area (Å²) in [5.74, 6) is -0.217.